The van der Waals surface area contributed by atoms with Crippen molar-refractivity contribution >= 4 is 0 Å². The molecule has 0 spiro atoms. The van der Waals surface area contributed by atoms with E-state index in [0.29, 0.717) is 0 Å². The lowest BCUT2D eigenvalue weighted by atomic mass is 10.0. The summed E-state index contributed by atoms with van der Waals surface area (Å²) in [5.41, 5.74) is 5.69. The number of methoxy groups -OCH3 is 1. The molecule has 2 aromatic carbocycles. The van der Waals surface area contributed by atoms with Crippen LogP contribution in [0.1, 0.15) is 0 Å². The number of benzene rings is 2. The number of nitrogens with zero attached hydrogens (tertiary/aromatic N) is 1. The van der Waals surface area contributed by atoms with E-state index < -0.39 is 0 Å². The average molecular weight is 327 g/mol. The molecule has 4 aromatic rings. The lowest BCUT2D eigenvalue weighted by Crippen LogP contribution is -2.30. The molecule has 0 unspecified atom stereocenters. The van der Waals surface area contributed by atoms with Crippen LogP contribution in [0.15, 0.2) is 91.4 Å². The van der Waals surface area contributed by atoms with E-state index in [1.165, 1.54) is 11.1 Å². The Morgan fingerprint density at radius 2 is 1.44 bits per heavy atom. The summed E-state index contributed by atoms with van der Waals surface area (Å²) < 4.78 is 7.43. The van der Waals surface area contributed by atoms with Crippen LogP contribution in [0.3, 0.4) is 0 Å². The van der Waals surface area contributed by atoms with Crippen molar-refractivity contribution < 1.29 is 9.30 Å². The van der Waals surface area contributed by atoms with E-state index in [1.807, 2.05) is 36.4 Å². The zero-order chi connectivity index (χ0) is 17.1. The van der Waals surface area contributed by atoms with Gasteiger partial charge in [-0.15, -0.1) is 0 Å². The summed E-state index contributed by atoms with van der Waals surface area (Å²) in [6.07, 6.45) is 6.22. The van der Waals surface area contributed by atoms with Crippen LogP contribution in [0.4, 0.5) is 0 Å². The first-order chi connectivity index (χ1) is 12.4. The Labute approximate surface area is 147 Å². The van der Waals surface area contributed by atoms with Gasteiger partial charge < -0.3 is 9.72 Å². The van der Waals surface area contributed by atoms with Gasteiger partial charge in [0.15, 0.2) is 12.4 Å². The molecule has 3 nitrogen and oxygen atoms in total. The fraction of sp³-hybridized carbons (Fsp3) is 0.0455. The van der Waals surface area contributed by atoms with Crippen molar-refractivity contribution in [1.29, 1.82) is 0 Å². The predicted molar refractivity (Wildman–Crippen MR) is 99.7 cm³/mol. The summed E-state index contributed by atoms with van der Waals surface area (Å²) in [5.74, 6) is 0.854. The lowest BCUT2D eigenvalue weighted by Gasteiger charge is -2.05. The van der Waals surface area contributed by atoms with E-state index in [0.717, 1.165) is 22.7 Å². The second-order valence-electron chi connectivity index (χ2n) is 5.80. The third-order valence-corrected chi connectivity index (χ3v) is 4.29. The number of aromatic amines is 1. The number of H-pyrrole nitrogens is 1. The van der Waals surface area contributed by atoms with Crippen LogP contribution in [-0.2, 0) is 0 Å². The predicted octanol–water partition coefficient (Wildman–Crippen LogP) is 4.63. The molecule has 0 amide bonds. The van der Waals surface area contributed by atoms with Crippen molar-refractivity contribution in [1.82, 2.24) is 4.98 Å². The molecule has 0 aliphatic rings. The highest BCUT2D eigenvalue weighted by molar-refractivity contribution is 5.81. The number of hydrogen-bond acceptors (Lipinski definition) is 1. The van der Waals surface area contributed by atoms with Gasteiger partial charge in [-0.3, -0.25) is 0 Å². The molecule has 0 fully saturated rings. The van der Waals surface area contributed by atoms with Crippen molar-refractivity contribution in [2.24, 2.45) is 0 Å². The molecule has 0 aliphatic heterocycles. The van der Waals surface area contributed by atoms with Gasteiger partial charge in [0, 0.05) is 23.9 Å². The number of ether oxygens (including phenoxy) is 1. The maximum absolute atomic E-state index is 5.28. The van der Waals surface area contributed by atoms with E-state index in [-0.39, 0.29) is 0 Å². The first-order valence-corrected chi connectivity index (χ1v) is 8.25. The fourth-order valence-electron chi connectivity index (χ4n) is 3.05. The minimum absolute atomic E-state index is 0.854. The van der Waals surface area contributed by atoms with Gasteiger partial charge in [-0.2, -0.15) is 4.57 Å². The molecular weight excluding hydrogens is 308 g/mol. The Bertz CT molecular complexity index is 958. The second-order valence-corrected chi connectivity index (χ2v) is 5.80. The molecule has 4 rings (SSSR count). The van der Waals surface area contributed by atoms with Crippen molar-refractivity contribution in [3.05, 3.63) is 91.4 Å². The summed E-state index contributed by atoms with van der Waals surface area (Å²) in [4.78, 5) is 3.46. The van der Waals surface area contributed by atoms with Crippen LogP contribution in [-0.4, -0.2) is 12.1 Å². The van der Waals surface area contributed by atoms with Crippen molar-refractivity contribution in [2.45, 2.75) is 0 Å². The standard InChI is InChI=1S/C22H19N2O/c1-25-19-12-10-18(11-13-19)21-22(24-14-6-3-7-15-24)20(16-23-21)17-8-4-2-5-9-17/h2-16,23H,1H3/q+1. The quantitative estimate of drug-likeness (QED) is 0.544. The number of aromatic nitrogens is 2. The molecule has 0 radical (unpaired) electrons. The first-order valence-electron chi connectivity index (χ1n) is 8.25. The molecule has 25 heavy (non-hydrogen) atoms. The van der Waals surface area contributed by atoms with E-state index in [9.17, 15) is 0 Å². The summed E-state index contributed by atoms with van der Waals surface area (Å²) in [6, 6.07) is 24.7. The third kappa shape index (κ3) is 2.92. The summed E-state index contributed by atoms with van der Waals surface area (Å²) in [5, 5.41) is 0. The molecule has 0 saturated carbocycles. The van der Waals surface area contributed by atoms with Crippen molar-refractivity contribution in [3.8, 4) is 33.8 Å². The molecule has 0 atom stereocenters. The van der Waals surface area contributed by atoms with Crippen LogP contribution in [0.5, 0.6) is 5.75 Å². The lowest BCUT2D eigenvalue weighted by molar-refractivity contribution is -0.594. The van der Waals surface area contributed by atoms with E-state index in [1.54, 1.807) is 7.11 Å². The molecule has 2 aromatic heterocycles. The Hall–Kier alpha value is -3.33. The minimum Gasteiger partial charge on any atom is -0.497 e. The molecule has 0 bridgehead atoms. The highest BCUT2D eigenvalue weighted by Gasteiger charge is 2.22. The van der Waals surface area contributed by atoms with Crippen LogP contribution in [0.25, 0.3) is 28.1 Å². The molecular formula is C22H19N2O+. The fourth-order valence-corrected chi connectivity index (χ4v) is 3.05. The number of hydrogen-bond donors (Lipinski definition) is 1. The molecule has 3 heteroatoms. The largest absolute Gasteiger partial charge is 0.497 e. The monoisotopic (exact) mass is 327 g/mol. The zero-order valence-electron chi connectivity index (χ0n) is 14.0. The maximum Gasteiger partial charge on any atom is 0.244 e. The van der Waals surface area contributed by atoms with Crippen LogP contribution >= 0.6 is 0 Å². The summed E-state index contributed by atoms with van der Waals surface area (Å²) in [6.45, 7) is 0. The SMILES string of the molecule is COc1ccc(-c2[nH]cc(-c3ccccc3)c2-[n+]2ccccc2)cc1. The average Bonchev–Trinajstić information content (AvgIpc) is 3.14. The smallest absolute Gasteiger partial charge is 0.244 e. The summed E-state index contributed by atoms with van der Waals surface area (Å²) >= 11 is 0. The molecule has 0 aliphatic carbocycles. The summed E-state index contributed by atoms with van der Waals surface area (Å²) in [7, 11) is 1.68. The molecule has 122 valence electrons. The van der Waals surface area contributed by atoms with Crippen molar-refractivity contribution in [3.63, 3.8) is 0 Å². The van der Waals surface area contributed by atoms with E-state index in [2.05, 4.69) is 64.5 Å². The highest BCUT2D eigenvalue weighted by Crippen LogP contribution is 2.33. The van der Waals surface area contributed by atoms with E-state index in [4.69, 9.17) is 4.74 Å². The maximum atomic E-state index is 5.28. The van der Waals surface area contributed by atoms with Crippen LogP contribution in [0, 0.1) is 0 Å². The third-order valence-electron chi connectivity index (χ3n) is 4.29. The Morgan fingerprint density at radius 3 is 2.12 bits per heavy atom. The number of nitrogens with one attached hydrogen (secondary N) is 1. The minimum atomic E-state index is 0.854. The molecule has 0 saturated heterocycles. The van der Waals surface area contributed by atoms with Gasteiger partial charge in [0.25, 0.3) is 0 Å². The van der Waals surface area contributed by atoms with E-state index >= 15 is 0 Å². The molecule has 2 heterocycles. The normalized spacial score (nSPS) is 10.6. The van der Waals surface area contributed by atoms with Gasteiger partial charge >= 0.3 is 0 Å². The van der Waals surface area contributed by atoms with Crippen LogP contribution in [0.2, 0.25) is 0 Å². The van der Waals surface area contributed by atoms with Gasteiger partial charge in [-0.1, -0.05) is 36.4 Å². The van der Waals surface area contributed by atoms with Gasteiger partial charge in [0.05, 0.1) is 12.7 Å². The first kappa shape index (κ1) is 15.2. The van der Waals surface area contributed by atoms with Gasteiger partial charge in [0.1, 0.15) is 11.4 Å². The Balaban J connectivity index is 1.91. The number of pyridine rings is 1. The highest BCUT2D eigenvalue weighted by atomic mass is 16.5. The number of rotatable bonds is 4. The van der Waals surface area contributed by atoms with Crippen molar-refractivity contribution in [2.75, 3.05) is 7.11 Å². The Kier molecular flexibility index (Phi) is 4.05. The zero-order valence-corrected chi connectivity index (χ0v) is 14.0. The van der Waals surface area contributed by atoms with Gasteiger partial charge in [-0.05, 0) is 29.8 Å². The second kappa shape index (κ2) is 6.65. The topological polar surface area (TPSA) is 28.9 Å². The van der Waals surface area contributed by atoms with Gasteiger partial charge in [0.2, 0.25) is 5.69 Å². The molecule has 1 N–H and O–H groups in total. The Morgan fingerprint density at radius 1 is 0.760 bits per heavy atom. The van der Waals surface area contributed by atoms with Gasteiger partial charge in [-0.25, -0.2) is 0 Å². The van der Waals surface area contributed by atoms with Crippen LogP contribution < -0.4 is 9.30 Å².